The molecule has 0 atom stereocenters. The summed E-state index contributed by atoms with van der Waals surface area (Å²) in [5.74, 6) is 0. The molecule has 0 radical (unpaired) electrons. The number of hydrogen-bond acceptors (Lipinski definition) is 0. The van der Waals surface area contributed by atoms with Crippen LogP contribution in [0.5, 0.6) is 0 Å². The number of halogens is 5. The van der Waals surface area contributed by atoms with Crippen LogP contribution in [0.1, 0.15) is 0 Å². The summed E-state index contributed by atoms with van der Waals surface area (Å²) in [6, 6.07) is 0. The normalized spacial score (nSPS) is 6.00. The van der Waals surface area contributed by atoms with Crippen molar-refractivity contribution in [3.63, 3.8) is 0 Å². The molecule has 0 fully saturated rings. The molecule has 0 aliphatic rings. The predicted octanol–water partition coefficient (Wildman–Crippen LogP) is -2.92. The Bertz CT molecular complexity index is 60.5. The van der Waals surface area contributed by atoms with E-state index in [1.54, 1.807) is 0 Å². The SMILES string of the molecule is ClC(Cl)=C(Cl)Cl.[Cl-].[Na+]. The minimum Gasteiger partial charge on any atom is -1.00 e. The monoisotopic (exact) mass is 222 g/mol. The van der Waals surface area contributed by atoms with Gasteiger partial charge in [0.2, 0.25) is 0 Å². The topological polar surface area (TPSA) is 0 Å². The third-order valence-electron chi connectivity index (χ3n) is 0.143. The molecule has 0 saturated carbocycles. The second-order valence-electron chi connectivity index (χ2n) is 0.521. The van der Waals surface area contributed by atoms with Crippen molar-refractivity contribution < 1.29 is 42.0 Å². The number of hydrogen-bond donors (Lipinski definition) is 0. The Hall–Kier alpha value is 2.19. The van der Waals surface area contributed by atoms with Crippen molar-refractivity contribution >= 4 is 46.4 Å². The summed E-state index contributed by atoms with van der Waals surface area (Å²) < 4.78 is -0.198. The first-order valence-electron chi connectivity index (χ1n) is 1.01. The Balaban J connectivity index is -0.000000125. The average molecular weight is 224 g/mol. The molecule has 0 nitrogen and oxygen atoms in total. The molecule has 0 aromatic rings. The summed E-state index contributed by atoms with van der Waals surface area (Å²) >= 11 is 20.0. The fourth-order valence-corrected chi connectivity index (χ4v) is 0. The van der Waals surface area contributed by atoms with E-state index in [4.69, 9.17) is 46.4 Å². The van der Waals surface area contributed by atoms with Gasteiger partial charge in [-0.2, -0.15) is 0 Å². The van der Waals surface area contributed by atoms with Gasteiger partial charge < -0.3 is 12.4 Å². The van der Waals surface area contributed by atoms with Gasteiger partial charge >= 0.3 is 29.6 Å². The molecule has 44 valence electrons. The summed E-state index contributed by atoms with van der Waals surface area (Å²) in [5.41, 5.74) is 0. The molecule has 0 saturated heterocycles. The third-order valence-corrected chi connectivity index (χ3v) is 1.29. The van der Waals surface area contributed by atoms with Crippen LogP contribution in [0.25, 0.3) is 0 Å². The first-order chi connectivity index (χ1) is 2.64. The van der Waals surface area contributed by atoms with Crippen LogP contribution in [-0.4, -0.2) is 0 Å². The molecule has 0 aromatic heterocycles. The Morgan fingerprint density at radius 2 is 0.875 bits per heavy atom. The minimum atomic E-state index is -0.0988. The van der Waals surface area contributed by atoms with Crippen LogP contribution in [0.15, 0.2) is 8.98 Å². The molecule has 0 heterocycles. The van der Waals surface area contributed by atoms with Crippen molar-refractivity contribution in [2.24, 2.45) is 0 Å². The van der Waals surface area contributed by atoms with Crippen molar-refractivity contribution in [1.29, 1.82) is 0 Å². The molecule has 0 unspecified atom stereocenters. The maximum Gasteiger partial charge on any atom is 1.00 e. The summed E-state index contributed by atoms with van der Waals surface area (Å²) in [6.45, 7) is 0. The predicted molar refractivity (Wildman–Crippen MR) is 30.4 cm³/mol. The van der Waals surface area contributed by atoms with Gasteiger partial charge in [0.1, 0.15) is 8.98 Å². The van der Waals surface area contributed by atoms with E-state index in [1.165, 1.54) is 0 Å². The Kier molecular flexibility index (Phi) is 19.1. The van der Waals surface area contributed by atoms with Gasteiger partial charge in [0, 0.05) is 0 Å². The first-order valence-corrected chi connectivity index (χ1v) is 2.52. The molecule has 0 rings (SSSR count). The van der Waals surface area contributed by atoms with Crippen molar-refractivity contribution in [3.8, 4) is 0 Å². The van der Waals surface area contributed by atoms with E-state index < -0.39 is 0 Å². The van der Waals surface area contributed by atoms with Gasteiger partial charge in [0.05, 0.1) is 0 Å². The Labute approximate surface area is 96.2 Å². The smallest absolute Gasteiger partial charge is 1.00 e. The number of rotatable bonds is 0. The molecule has 0 amide bonds. The van der Waals surface area contributed by atoms with E-state index in [1.807, 2.05) is 0 Å². The molecule has 0 aliphatic carbocycles. The van der Waals surface area contributed by atoms with Crippen LogP contribution in [-0.2, 0) is 0 Å². The maximum absolute atomic E-state index is 4.99. The quantitative estimate of drug-likeness (QED) is 0.387. The van der Waals surface area contributed by atoms with Crippen molar-refractivity contribution in [3.05, 3.63) is 8.98 Å². The van der Waals surface area contributed by atoms with Gasteiger partial charge in [-0.25, -0.2) is 0 Å². The van der Waals surface area contributed by atoms with E-state index in [0.717, 1.165) is 0 Å². The van der Waals surface area contributed by atoms with E-state index in [2.05, 4.69) is 0 Å². The molecule has 0 bridgehead atoms. The summed E-state index contributed by atoms with van der Waals surface area (Å²) in [5, 5.41) is 0. The van der Waals surface area contributed by atoms with Gasteiger partial charge in [-0.1, -0.05) is 46.4 Å². The van der Waals surface area contributed by atoms with Crippen molar-refractivity contribution in [2.75, 3.05) is 0 Å². The Morgan fingerprint density at radius 3 is 0.875 bits per heavy atom. The molecule has 0 aromatic carbocycles. The van der Waals surface area contributed by atoms with E-state index in [9.17, 15) is 0 Å². The summed E-state index contributed by atoms with van der Waals surface area (Å²) in [6.07, 6.45) is 0. The molecular weight excluding hydrogens is 224 g/mol. The zero-order valence-corrected chi connectivity index (χ0v) is 9.67. The average Bonchev–Trinajstić information content (AvgIpc) is 1.36. The molecule has 8 heavy (non-hydrogen) atoms. The van der Waals surface area contributed by atoms with Crippen LogP contribution in [0.3, 0.4) is 0 Å². The first kappa shape index (κ1) is 16.6. The van der Waals surface area contributed by atoms with Gasteiger partial charge in [0.25, 0.3) is 0 Å². The molecule has 0 spiro atoms. The van der Waals surface area contributed by atoms with Crippen LogP contribution in [0.2, 0.25) is 0 Å². The second kappa shape index (κ2) is 9.19. The van der Waals surface area contributed by atoms with Gasteiger partial charge in [-0.15, -0.1) is 0 Å². The second-order valence-corrected chi connectivity index (χ2v) is 2.42. The standard InChI is InChI=1S/C2Cl4.ClH.Na/c3-1(4)2(5)6;;/h;1H;/q;;+1/p-1. The van der Waals surface area contributed by atoms with Crippen LogP contribution in [0, 0.1) is 0 Å². The van der Waals surface area contributed by atoms with Crippen LogP contribution >= 0.6 is 46.4 Å². The van der Waals surface area contributed by atoms with Crippen molar-refractivity contribution in [1.82, 2.24) is 0 Å². The maximum atomic E-state index is 4.99. The largest absolute Gasteiger partial charge is 1.00 e. The van der Waals surface area contributed by atoms with E-state index >= 15 is 0 Å². The molecule has 0 aliphatic heterocycles. The van der Waals surface area contributed by atoms with Crippen LogP contribution < -0.4 is 42.0 Å². The molecule has 0 N–H and O–H groups in total. The zero-order chi connectivity index (χ0) is 5.15. The Morgan fingerprint density at radius 1 is 0.750 bits per heavy atom. The van der Waals surface area contributed by atoms with Crippen LogP contribution in [0.4, 0.5) is 0 Å². The summed E-state index contributed by atoms with van der Waals surface area (Å²) in [7, 11) is 0. The fraction of sp³-hybridized carbons (Fsp3) is 0. The van der Waals surface area contributed by atoms with Gasteiger partial charge in [-0.3, -0.25) is 0 Å². The molecular formula is C2Cl5Na. The fourth-order valence-electron chi connectivity index (χ4n) is 0. The zero-order valence-electron chi connectivity index (χ0n) is 3.89. The third kappa shape index (κ3) is 11.0. The van der Waals surface area contributed by atoms with E-state index in [0.29, 0.717) is 0 Å². The van der Waals surface area contributed by atoms with Crippen molar-refractivity contribution in [2.45, 2.75) is 0 Å². The summed E-state index contributed by atoms with van der Waals surface area (Å²) in [4.78, 5) is 0. The van der Waals surface area contributed by atoms with E-state index in [-0.39, 0.29) is 50.9 Å². The minimum absolute atomic E-state index is 0. The van der Waals surface area contributed by atoms with Gasteiger partial charge in [0.15, 0.2) is 0 Å². The molecule has 6 heteroatoms. The van der Waals surface area contributed by atoms with Gasteiger partial charge in [-0.05, 0) is 0 Å².